The summed E-state index contributed by atoms with van der Waals surface area (Å²) < 4.78 is -0.660. The fourth-order valence-electron chi connectivity index (χ4n) is 3.31. The van der Waals surface area contributed by atoms with E-state index in [9.17, 15) is 19.5 Å². The number of rotatable bonds is 2. The predicted octanol–water partition coefficient (Wildman–Crippen LogP) is -1.67. The Labute approximate surface area is 119 Å². The molecule has 0 saturated carbocycles. The molecule has 3 aliphatic heterocycles. The van der Waals surface area contributed by atoms with Crippen LogP contribution < -0.4 is 10.5 Å². The lowest BCUT2D eigenvalue weighted by atomic mass is 9.72. The fourth-order valence-corrected chi connectivity index (χ4v) is 5.05. The minimum Gasteiger partial charge on any atom is -0.548 e. The number of carboxylic acids is 1. The van der Waals surface area contributed by atoms with Crippen molar-refractivity contribution in [3.63, 3.8) is 0 Å². The van der Waals surface area contributed by atoms with Crippen LogP contribution in [0.3, 0.4) is 0 Å². The van der Waals surface area contributed by atoms with E-state index in [1.54, 1.807) is 13.8 Å². The molecule has 7 nitrogen and oxygen atoms in total. The number of carboxylic acid groups (broad SMARTS) is 1. The van der Waals surface area contributed by atoms with E-state index in [0.717, 1.165) is 0 Å². The zero-order chi connectivity index (χ0) is 14.9. The minimum atomic E-state index is -1.26. The number of thioether (sulfide) groups is 1. The molecule has 0 unspecified atom stereocenters. The summed E-state index contributed by atoms with van der Waals surface area (Å²) in [4.78, 5) is 36.9. The Morgan fingerprint density at radius 1 is 1.50 bits per heavy atom. The molecule has 0 aliphatic carbocycles. The quantitative estimate of drug-likeness (QED) is 0.612. The second-order valence-electron chi connectivity index (χ2n) is 5.83. The molecule has 2 saturated heterocycles. The Morgan fingerprint density at radius 2 is 2.15 bits per heavy atom. The number of nitrogens with one attached hydrogen (secondary N) is 1. The van der Waals surface area contributed by atoms with E-state index in [0.29, 0.717) is 0 Å². The Bertz CT molecular complexity index is 573. The number of carbonyl (C=O) groups excluding carboxylic acids is 3. The van der Waals surface area contributed by atoms with Gasteiger partial charge in [0.1, 0.15) is 16.5 Å². The summed E-state index contributed by atoms with van der Waals surface area (Å²) in [6.45, 7) is 5.14. The van der Waals surface area contributed by atoms with Crippen LogP contribution in [-0.2, 0) is 14.4 Å². The molecule has 0 aromatic carbocycles. The number of nitrogens with zero attached hydrogens (tertiary/aromatic N) is 2. The van der Waals surface area contributed by atoms with Gasteiger partial charge >= 0.3 is 0 Å². The van der Waals surface area contributed by atoms with Gasteiger partial charge in [-0.1, -0.05) is 0 Å². The molecule has 0 bridgehead atoms. The number of β-lactam (4-membered cyclic amide) rings is 1. The number of Topliss-reactive ketones (excluding diaryl/α,β-unsaturated/α-hetero) is 1. The summed E-state index contributed by atoms with van der Waals surface area (Å²) in [7, 11) is 0. The highest BCUT2D eigenvalue weighted by molar-refractivity contribution is 8.01. The second kappa shape index (κ2) is 3.75. The summed E-state index contributed by atoms with van der Waals surface area (Å²) >= 11 is 1.39. The lowest BCUT2D eigenvalue weighted by Crippen LogP contribution is -2.74. The first-order valence-corrected chi connectivity index (χ1v) is 7.15. The number of hydrogen-bond acceptors (Lipinski definition) is 7. The third-order valence-corrected chi connectivity index (χ3v) is 5.85. The fraction of sp³-hybridized carbons (Fsp3) is 0.667. The lowest BCUT2D eigenvalue weighted by Gasteiger charge is -2.51. The molecule has 8 heteroatoms. The Morgan fingerprint density at radius 3 is 2.70 bits per heavy atom. The molecule has 1 amide bonds. The summed E-state index contributed by atoms with van der Waals surface area (Å²) in [6, 6.07) is -0.982. The number of aliphatic carboxylic acids is 1. The molecule has 3 rings (SSSR count). The number of fused-ring (bicyclic) bond motifs is 2. The van der Waals surface area contributed by atoms with Gasteiger partial charge < -0.3 is 20.2 Å². The number of amides is 1. The molecular weight excluding hydrogens is 282 g/mol. The van der Waals surface area contributed by atoms with E-state index in [1.165, 1.54) is 23.6 Å². The largest absolute Gasteiger partial charge is 0.548 e. The van der Waals surface area contributed by atoms with E-state index in [1.807, 2.05) is 0 Å². The van der Waals surface area contributed by atoms with Gasteiger partial charge in [0, 0.05) is 11.7 Å². The van der Waals surface area contributed by atoms with Crippen molar-refractivity contribution >= 4 is 35.1 Å². The van der Waals surface area contributed by atoms with E-state index in [2.05, 4.69) is 10.5 Å². The molecule has 0 radical (unpaired) electrons. The van der Waals surface area contributed by atoms with Crippen LogP contribution in [0.1, 0.15) is 20.8 Å². The molecule has 2 fully saturated rings. The van der Waals surface area contributed by atoms with Crippen LogP contribution in [0.25, 0.3) is 0 Å². The third-order valence-electron chi connectivity index (χ3n) is 4.17. The predicted molar refractivity (Wildman–Crippen MR) is 69.7 cm³/mol. The molecule has 3 heterocycles. The zero-order valence-corrected chi connectivity index (χ0v) is 12.1. The number of ketones is 1. The molecule has 0 aromatic heterocycles. The van der Waals surface area contributed by atoms with Crippen molar-refractivity contribution in [2.75, 3.05) is 6.54 Å². The highest BCUT2D eigenvalue weighted by Gasteiger charge is 2.73. The smallest absolute Gasteiger partial charge is 0.241 e. The number of hydrogen-bond donors (Lipinski definition) is 1. The van der Waals surface area contributed by atoms with Crippen molar-refractivity contribution in [3.05, 3.63) is 0 Å². The number of hydrazone groups is 1. The topological polar surface area (TPSA) is 102 Å². The van der Waals surface area contributed by atoms with Crippen LogP contribution in [-0.4, -0.2) is 51.0 Å². The van der Waals surface area contributed by atoms with Gasteiger partial charge in [-0.2, -0.15) is 5.10 Å². The van der Waals surface area contributed by atoms with Gasteiger partial charge in [0.25, 0.3) is 0 Å². The Hall–Kier alpha value is -1.57. The lowest BCUT2D eigenvalue weighted by molar-refractivity contribution is -0.313. The number of carbonyl (C=O) groups is 3. The third kappa shape index (κ3) is 1.32. The van der Waals surface area contributed by atoms with E-state index >= 15 is 0 Å². The summed E-state index contributed by atoms with van der Waals surface area (Å²) in [5.41, 5.74) is 1.89. The van der Waals surface area contributed by atoms with Crippen molar-refractivity contribution in [2.24, 2.45) is 10.5 Å². The average Bonchev–Trinajstić information content (AvgIpc) is 2.87. The van der Waals surface area contributed by atoms with Crippen LogP contribution in [0.15, 0.2) is 5.10 Å². The normalized spacial score (nSPS) is 37.2. The summed E-state index contributed by atoms with van der Waals surface area (Å²) in [6.07, 6.45) is 0. The molecule has 3 atom stereocenters. The maximum absolute atomic E-state index is 12.5. The standard InChI is InChI=1S/C12H15N3O4S/c1-5(16)6-12(4-13-14-6)9(19)15-7(8(17)18)11(2,3)20-10(12)15/h7,10,13H,4H2,1-3H3,(H,17,18)/p-1/t7-,10+,12+/m0/s1. The maximum Gasteiger partial charge on any atom is 0.241 e. The Kier molecular flexibility index (Phi) is 2.51. The molecule has 108 valence electrons. The maximum atomic E-state index is 12.5. The zero-order valence-electron chi connectivity index (χ0n) is 11.3. The van der Waals surface area contributed by atoms with Crippen molar-refractivity contribution in [1.82, 2.24) is 10.3 Å². The summed E-state index contributed by atoms with van der Waals surface area (Å²) in [5.74, 6) is -1.88. The van der Waals surface area contributed by atoms with Gasteiger partial charge in [0.15, 0.2) is 5.78 Å². The van der Waals surface area contributed by atoms with Gasteiger partial charge in [-0.15, -0.1) is 11.8 Å². The van der Waals surface area contributed by atoms with Crippen LogP contribution >= 0.6 is 11.8 Å². The first kappa shape index (κ1) is 13.4. The first-order chi connectivity index (χ1) is 9.23. The highest BCUT2D eigenvalue weighted by atomic mass is 32.2. The van der Waals surface area contributed by atoms with Crippen LogP contribution in [0.4, 0.5) is 0 Å². The van der Waals surface area contributed by atoms with Crippen LogP contribution in [0, 0.1) is 5.41 Å². The van der Waals surface area contributed by atoms with Crippen molar-refractivity contribution in [3.8, 4) is 0 Å². The highest BCUT2D eigenvalue weighted by Crippen LogP contribution is 2.59. The van der Waals surface area contributed by atoms with Crippen molar-refractivity contribution in [2.45, 2.75) is 36.9 Å². The van der Waals surface area contributed by atoms with E-state index in [-0.39, 0.29) is 29.3 Å². The van der Waals surface area contributed by atoms with Crippen LogP contribution in [0.5, 0.6) is 0 Å². The van der Waals surface area contributed by atoms with E-state index in [4.69, 9.17) is 0 Å². The van der Waals surface area contributed by atoms with Gasteiger partial charge in [-0.25, -0.2) is 0 Å². The van der Waals surface area contributed by atoms with Gasteiger partial charge in [-0.3, -0.25) is 9.59 Å². The first-order valence-electron chi connectivity index (χ1n) is 6.27. The SMILES string of the molecule is CC(=O)C1=NNC[C@]12C(=O)N1[C@@H](C(=O)[O-])C(C)(C)S[C@@H]12. The molecule has 20 heavy (non-hydrogen) atoms. The molecule has 1 spiro atoms. The van der Waals surface area contributed by atoms with E-state index < -0.39 is 22.2 Å². The van der Waals surface area contributed by atoms with Crippen molar-refractivity contribution in [1.29, 1.82) is 0 Å². The van der Waals surface area contributed by atoms with Crippen LogP contribution in [0.2, 0.25) is 0 Å². The van der Waals surface area contributed by atoms with Gasteiger partial charge in [-0.05, 0) is 13.8 Å². The second-order valence-corrected chi connectivity index (χ2v) is 7.56. The molecule has 1 N–H and O–H groups in total. The molecule has 3 aliphatic rings. The molecular formula is C12H14N3O4S-. The average molecular weight is 296 g/mol. The monoisotopic (exact) mass is 296 g/mol. The minimum absolute atomic E-state index is 0.200. The summed E-state index contributed by atoms with van der Waals surface area (Å²) in [5, 5.41) is 14.9. The van der Waals surface area contributed by atoms with Gasteiger partial charge in [0.2, 0.25) is 5.91 Å². The Balaban J connectivity index is 2.03. The molecule has 0 aromatic rings. The van der Waals surface area contributed by atoms with Crippen molar-refractivity contribution < 1.29 is 19.5 Å². The van der Waals surface area contributed by atoms with Gasteiger partial charge in [0.05, 0.1) is 18.6 Å².